The van der Waals surface area contributed by atoms with Crippen LogP contribution in [-0.2, 0) is 0 Å². The van der Waals surface area contributed by atoms with Crippen LogP contribution in [0.2, 0.25) is 0 Å². The van der Waals surface area contributed by atoms with Crippen molar-refractivity contribution in [3.63, 3.8) is 0 Å². The van der Waals surface area contributed by atoms with E-state index in [4.69, 9.17) is 5.73 Å². The molecule has 0 saturated heterocycles. The van der Waals surface area contributed by atoms with Crippen molar-refractivity contribution in [3.05, 3.63) is 17.0 Å². The molecule has 0 aliphatic carbocycles. The number of carbonyl (C=O) groups excluding carboxylic acids is 1. The summed E-state index contributed by atoms with van der Waals surface area (Å²) in [5.74, 6) is 0.294. The number of nitrogens with two attached hydrogens (primary N) is 1. The first-order chi connectivity index (χ1) is 6.59. The van der Waals surface area contributed by atoms with Crippen LogP contribution in [0.3, 0.4) is 0 Å². The van der Waals surface area contributed by atoms with E-state index in [1.807, 2.05) is 13.8 Å². The fraction of sp³-hybridized carbons (Fsp3) is 0.375. The molecule has 1 atom stereocenters. The highest BCUT2D eigenvalue weighted by molar-refractivity contribution is 6.03. The van der Waals surface area contributed by atoms with Gasteiger partial charge in [-0.15, -0.1) is 0 Å². The SMILES string of the molecule is Cc1n[nH]c(C)c1C1NC(=O)N=C1N. The van der Waals surface area contributed by atoms with Gasteiger partial charge in [0.05, 0.1) is 5.69 Å². The number of carbonyl (C=O) groups is 1. The normalized spacial score (nSPS) is 20.9. The van der Waals surface area contributed by atoms with Gasteiger partial charge in [0.15, 0.2) is 0 Å². The Kier molecular flexibility index (Phi) is 1.77. The largest absolute Gasteiger partial charge is 0.385 e. The van der Waals surface area contributed by atoms with E-state index in [1.54, 1.807) is 0 Å². The molecule has 0 radical (unpaired) electrons. The van der Waals surface area contributed by atoms with Gasteiger partial charge < -0.3 is 11.1 Å². The van der Waals surface area contributed by atoms with Crippen molar-refractivity contribution in [2.75, 3.05) is 0 Å². The van der Waals surface area contributed by atoms with E-state index in [0.29, 0.717) is 5.84 Å². The summed E-state index contributed by atoms with van der Waals surface area (Å²) < 4.78 is 0. The summed E-state index contributed by atoms with van der Waals surface area (Å²) >= 11 is 0. The molecule has 6 nitrogen and oxygen atoms in total. The van der Waals surface area contributed by atoms with Crippen molar-refractivity contribution in [2.45, 2.75) is 19.9 Å². The molecule has 1 aliphatic heterocycles. The number of hydrogen-bond donors (Lipinski definition) is 3. The fourth-order valence-electron chi connectivity index (χ4n) is 1.62. The third-order valence-electron chi connectivity index (χ3n) is 2.27. The second kappa shape index (κ2) is 2.83. The van der Waals surface area contributed by atoms with Crippen LogP contribution in [0.15, 0.2) is 4.99 Å². The van der Waals surface area contributed by atoms with Crippen LogP contribution in [0.5, 0.6) is 0 Å². The van der Waals surface area contributed by atoms with Crippen molar-refractivity contribution < 1.29 is 4.79 Å². The Labute approximate surface area is 80.6 Å². The summed E-state index contributed by atoms with van der Waals surface area (Å²) in [7, 11) is 0. The minimum Gasteiger partial charge on any atom is -0.385 e. The van der Waals surface area contributed by atoms with Crippen LogP contribution < -0.4 is 11.1 Å². The third-order valence-corrected chi connectivity index (χ3v) is 2.27. The second-order valence-corrected chi connectivity index (χ2v) is 3.27. The molecule has 0 bridgehead atoms. The molecule has 0 aromatic carbocycles. The Balaban J connectivity index is 2.42. The van der Waals surface area contributed by atoms with Crippen molar-refractivity contribution in [1.82, 2.24) is 15.5 Å². The minimum absolute atomic E-state index is 0.294. The lowest BCUT2D eigenvalue weighted by Crippen LogP contribution is -2.28. The third kappa shape index (κ3) is 1.15. The highest BCUT2D eigenvalue weighted by Gasteiger charge is 2.28. The lowest BCUT2D eigenvalue weighted by atomic mass is 10.1. The van der Waals surface area contributed by atoms with Crippen LogP contribution in [0.4, 0.5) is 4.79 Å². The number of urea groups is 1. The lowest BCUT2D eigenvalue weighted by molar-refractivity contribution is 0.250. The van der Waals surface area contributed by atoms with Crippen LogP contribution in [0.1, 0.15) is 23.0 Å². The van der Waals surface area contributed by atoms with Gasteiger partial charge in [-0.2, -0.15) is 10.1 Å². The molecule has 0 fully saturated rings. The first kappa shape index (κ1) is 8.74. The molecule has 1 aromatic heterocycles. The number of aliphatic imine (C=N–C) groups is 1. The number of aromatic amines is 1. The molecule has 2 amide bonds. The number of nitrogens with zero attached hydrogens (tertiary/aromatic N) is 2. The smallest absolute Gasteiger partial charge is 0.343 e. The van der Waals surface area contributed by atoms with E-state index in [1.165, 1.54) is 0 Å². The van der Waals surface area contributed by atoms with Gasteiger partial charge in [-0.25, -0.2) is 4.79 Å². The van der Waals surface area contributed by atoms with Crippen molar-refractivity contribution in [3.8, 4) is 0 Å². The van der Waals surface area contributed by atoms with E-state index < -0.39 is 6.03 Å². The number of aromatic nitrogens is 2. The number of nitrogens with one attached hydrogen (secondary N) is 2. The zero-order chi connectivity index (χ0) is 10.3. The molecule has 0 spiro atoms. The number of amides is 2. The maximum absolute atomic E-state index is 11.0. The van der Waals surface area contributed by atoms with Crippen LogP contribution in [-0.4, -0.2) is 22.1 Å². The maximum Gasteiger partial charge on any atom is 0.343 e. The first-order valence-corrected chi connectivity index (χ1v) is 4.25. The zero-order valence-corrected chi connectivity index (χ0v) is 7.96. The summed E-state index contributed by atoms with van der Waals surface area (Å²) in [6, 6.07) is -0.728. The standard InChI is InChI=1S/C8H11N5O/c1-3-5(4(2)13-12-3)6-7(9)11-8(14)10-6/h6H,1-2H3,(H,12,13)(H3,9,10,11,14). The summed E-state index contributed by atoms with van der Waals surface area (Å²) in [5, 5.41) is 9.53. The molecule has 2 rings (SSSR count). The Morgan fingerprint density at radius 1 is 1.43 bits per heavy atom. The number of H-pyrrole nitrogens is 1. The highest BCUT2D eigenvalue weighted by atomic mass is 16.2. The zero-order valence-electron chi connectivity index (χ0n) is 7.96. The predicted molar refractivity (Wildman–Crippen MR) is 51.0 cm³/mol. The van der Waals surface area contributed by atoms with Crippen molar-refractivity contribution in [2.24, 2.45) is 10.7 Å². The first-order valence-electron chi connectivity index (χ1n) is 4.25. The monoisotopic (exact) mass is 193 g/mol. The summed E-state index contributed by atoms with van der Waals surface area (Å²) in [4.78, 5) is 14.6. The molecule has 1 unspecified atom stereocenters. The average molecular weight is 193 g/mol. The van der Waals surface area contributed by atoms with E-state index in [0.717, 1.165) is 17.0 Å². The number of rotatable bonds is 1. The summed E-state index contributed by atoms with van der Waals surface area (Å²) in [6.07, 6.45) is 0. The fourth-order valence-corrected chi connectivity index (χ4v) is 1.62. The summed E-state index contributed by atoms with van der Waals surface area (Å²) in [5.41, 5.74) is 8.25. The molecule has 6 heteroatoms. The Hall–Kier alpha value is -1.85. The second-order valence-electron chi connectivity index (χ2n) is 3.27. The van der Waals surface area contributed by atoms with E-state index in [-0.39, 0.29) is 6.04 Å². The average Bonchev–Trinajstić information content (AvgIpc) is 2.57. The van der Waals surface area contributed by atoms with Gasteiger partial charge >= 0.3 is 6.03 Å². The molecule has 14 heavy (non-hydrogen) atoms. The number of hydrogen-bond acceptors (Lipinski definition) is 3. The van der Waals surface area contributed by atoms with Gasteiger partial charge in [0.25, 0.3) is 0 Å². The van der Waals surface area contributed by atoms with Crippen LogP contribution in [0.25, 0.3) is 0 Å². The predicted octanol–water partition coefficient (Wildman–Crippen LogP) is 0.148. The van der Waals surface area contributed by atoms with Crippen molar-refractivity contribution >= 4 is 11.9 Å². The van der Waals surface area contributed by atoms with Gasteiger partial charge in [-0.1, -0.05) is 0 Å². The highest BCUT2D eigenvalue weighted by Crippen LogP contribution is 2.22. The van der Waals surface area contributed by atoms with Gasteiger partial charge in [0.1, 0.15) is 11.9 Å². The molecule has 1 aliphatic rings. The van der Waals surface area contributed by atoms with Crippen LogP contribution in [0, 0.1) is 13.8 Å². The Bertz CT molecular complexity index is 400. The molecular formula is C8H11N5O. The van der Waals surface area contributed by atoms with Gasteiger partial charge in [-0.3, -0.25) is 5.10 Å². The quantitative estimate of drug-likeness (QED) is 0.592. The van der Waals surface area contributed by atoms with E-state index in [2.05, 4.69) is 20.5 Å². The van der Waals surface area contributed by atoms with Crippen LogP contribution >= 0.6 is 0 Å². The van der Waals surface area contributed by atoms with Gasteiger partial charge in [-0.05, 0) is 13.8 Å². The maximum atomic E-state index is 11.0. The topological polar surface area (TPSA) is 96.2 Å². The number of amidine groups is 1. The molecule has 1 aromatic rings. The molecule has 0 saturated carbocycles. The molecule has 2 heterocycles. The number of aryl methyl sites for hydroxylation is 2. The molecule has 74 valence electrons. The van der Waals surface area contributed by atoms with Crippen molar-refractivity contribution in [1.29, 1.82) is 0 Å². The van der Waals surface area contributed by atoms with E-state index >= 15 is 0 Å². The van der Waals surface area contributed by atoms with Gasteiger partial charge in [0.2, 0.25) is 0 Å². The van der Waals surface area contributed by atoms with E-state index in [9.17, 15) is 4.79 Å². The lowest BCUT2D eigenvalue weighted by Gasteiger charge is -2.10. The molecular weight excluding hydrogens is 182 g/mol. The Morgan fingerprint density at radius 2 is 2.14 bits per heavy atom. The Morgan fingerprint density at radius 3 is 2.57 bits per heavy atom. The van der Waals surface area contributed by atoms with Gasteiger partial charge in [0, 0.05) is 11.3 Å². The minimum atomic E-state index is -0.396. The molecule has 4 N–H and O–H groups in total. The summed E-state index contributed by atoms with van der Waals surface area (Å²) in [6.45, 7) is 3.74.